The van der Waals surface area contributed by atoms with E-state index in [-0.39, 0.29) is 30.2 Å². The van der Waals surface area contributed by atoms with Gasteiger partial charge >= 0.3 is 6.03 Å². The third kappa shape index (κ3) is 4.56. The number of carbonyl (C=O) groups excluding carboxylic acids is 1. The molecule has 1 N–H and O–H groups in total. The Kier molecular flexibility index (Phi) is 5.60. The molecule has 0 aliphatic carbocycles. The third-order valence-electron chi connectivity index (χ3n) is 4.92. The van der Waals surface area contributed by atoms with Gasteiger partial charge in [0.05, 0.1) is 0 Å². The monoisotopic (exact) mass is 414 g/mol. The van der Waals surface area contributed by atoms with Gasteiger partial charge in [0.2, 0.25) is 0 Å². The normalized spacial score (nSPS) is 16.0. The van der Waals surface area contributed by atoms with E-state index >= 15 is 0 Å². The number of carbonyl (C=O) groups is 1. The first-order valence-electron chi connectivity index (χ1n) is 9.51. The fraction of sp³-hybridized carbons (Fsp3) is 0.286. The molecule has 1 aliphatic heterocycles. The molecule has 3 aromatic rings. The molecule has 0 bridgehead atoms. The zero-order valence-electron chi connectivity index (χ0n) is 16.3. The Morgan fingerprint density at radius 3 is 2.83 bits per heavy atom. The van der Waals surface area contributed by atoms with Crippen molar-refractivity contribution < 1.29 is 22.8 Å². The molecule has 2 heterocycles. The van der Waals surface area contributed by atoms with Crippen molar-refractivity contribution in [3.8, 4) is 5.75 Å². The molecule has 2 amide bonds. The van der Waals surface area contributed by atoms with E-state index in [9.17, 15) is 13.6 Å². The second-order valence-corrected chi connectivity index (χ2v) is 7.11. The molecule has 2 aromatic carbocycles. The molecule has 0 radical (unpaired) electrons. The predicted octanol–water partition coefficient (Wildman–Crippen LogP) is 4.26. The molecule has 4 rings (SSSR count). The summed E-state index contributed by atoms with van der Waals surface area (Å²) in [5.41, 5.74) is 0.928. The molecule has 0 saturated carbocycles. The van der Waals surface area contributed by atoms with Crippen LogP contribution in [0.25, 0.3) is 0 Å². The number of ether oxygens (including phenoxy) is 1. The van der Waals surface area contributed by atoms with Crippen LogP contribution in [-0.4, -0.2) is 34.2 Å². The average molecular weight is 414 g/mol. The van der Waals surface area contributed by atoms with Crippen LogP contribution >= 0.6 is 0 Å². The van der Waals surface area contributed by atoms with E-state index < -0.39 is 0 Å². The van der Waals surface area contributed by atoms with Crippen LogP contribution in [-0.2, 0) is 6.61 Å². The lowest BCUT2D eigenvalue weighted by atomic mass is 10.1. The SMILES string of the molecule is Cc1ccc(NC(=O)N2CCC(c3noc(COc4ccc(F)cc4)n3)C2)cc1F. The summed E-state index contributed by atoms with van der Waals surface area (Å²) in [7, 11) is 0. The van der Waals surface area contributed by atoms with E-state index in [1.54, 1.807) is 24.0 Å². The van der Waals surface area contributed by atoms with Gasteiger partial charge in [-0.15, -0.1) is 0 Å². The van der Waals surface area contributed by atoms with E-state index in [4.69, 9.17) is 9.26 Å². The molecule has 156 valence electrons. The summed E-state index contributed by atoms with van der Waals surface area (Å²) in [6.45, 7) is 2.68. The van der Waals surface area contributed by atoms with Gasteiger partial charge in [0, 0.05) is 24.7 Å². The summed E-state index contributed by atoms with van der Waals surface area (Å²) < 4.78 is 37.3. The highest BCUT2D eigenvalue weighted by atomic mass is 19.1. The zero-order chi connectivity index (χ0) is 21.1. The maximum absolute atomic E-state index is 13.7. The molecule has 1 atom stereocenters. The third-order valence-corrected chi connectivity index (χ3v) is 4.92. The standard InChI is InChI=1S/C21H20F2N4O3/c1-13-2-5-16(10-18(13)23)24-21(28)27-9-8-14(11-27)20-25-19(30-26-20)12-29-17-6-3-15(22)4-7-17/h2-7,10,14H,8-9,11-12H2,1H3,(H,24,28). The number of rotatable bonds is 5. The lowest BCUT2D eigenvalue weighted by Gasteiger charge is -2.17. The molecular formula is C21H20F2N4O3. The van der Waals surface area contributed by atoms with Crippen molar-refractivity contribution in [3.05, 3.63) is 71.4 Å². The van der Waals surface area contributed by atoms with E-state index in [1.807, 2.05) is 0 Å². The number of nitrogens with zero attached hydrogens (tertiary/aromatic N) is 3. The largest absolute Gasteiger partial charge is 0.484 e. The lowest BCUT2D eigenvalue weighted by Crippen LogP contribution is -2.32. The highest BCUT2D eigenvalue weighted by molar-refractivity contribution is 5.89. The van der Waals surface area contributed by atoms with Crippen molar-refractivity contribution >= 4 is 11.7 Å². The van der Waals surface area contributed by atoms with Crippen molar-refractivity contribution in [1.29, 1.82) is 0 Å². The van der Waals surface area contributed by atoms with E-state index in [1.165, 1.54) is 30.3 Å². The number of hydrogen-bond acceptors (Lipinski definition) is 5. The van der Waals surface area contributed by atoms with Gasteiger partial charge in [0.25, 0.3) is 5.89 Å². The molecular weight excluding hydrogens is 394 g/mol. The molecule has 1 saturated heterocycles. The number of likely N-dealkylation sites (tertiary alicyclic amines) is 1. The number of aryl methyl sites for hydroxylation is 1. The fourth-order valence-electron chi connectivity index (χ4n) is 3.20. The maximum atomic E-state index is 13.7. The highest BCUT2D eigenvalue weighted by Crippen LogP contribution is 2.26. The fourth-order valence-corrected chi connectivity index (χ4v) is 3.20. The molecule has 1 aliphatic rings. The van der Waals surface area contributed by atoms with Crippen LogP contribution in [0.1, 0.15) is 29.6 Å². The van der Waals surface area contributed by atoms with Gasteiger partial charge in [-0.2, -0.15) is 4.98 Å². The summed E-state index contributed by atoms with van der Waals surface area (Å²) in [6, 6.07) is 9.91. The van der Waals surface area contributed by atoms with Gasteiger partial charge in [0.15, 0.2) is 12.4 Å². The maximum Gasteiger partial charge on any atom is 0.321 e. The van der Waals surface area contributed by atoms with Gasteiger partial charge in [-0.3, -0.25) is 0 Å². The van der Waals surface area contributed by atoms with Crippen LogP contribution in [0.4, 0.5) is 19.3 Å². The average Bonchev–Trinajstić information content (AvgIpc) is 3.40. The van der Waals surface area contributed by atoms with Crippen LogP contribution in [0.3, 0.4) is 0 Å². The second kappa shape index (κ2) is 8.48. The summed E-state index contributed by atoms with van der Waals surface area (Å²) in [6.07, 6.45) is 0.688. The number of benzene rings is 2. The van der Waals surface area contributed by atoms with Crippen LogP contribution in [0.15, 0.2) is 47.0 Å². The summed E-state index contributed by atoms with van der Waals surface area (Å²) in [5.74, 6) is 0.525. The number of halogens is 2. The molecule has 1 fully saturated rings. The van der Waals surface area contributed by atoms with Crippen LogP contribution in [0, 0.1) is 18.6 Å². The van der Waals surface area contributed by atoms with Crippen LogP contribution < -0.4 is 10.1 Å². The number of anilines is 1. The number of nitrogens with one attached hydrogen (secondary N) is 1. The molecule has 7 nitrogen and oxygen atoms in total. The summed E-state index contributed by atoms with van der Waals surface area (Å²) in [5, 5.41) is 6.70. The van der Waals surface area contributed by atoms with Crippen LogP contribution in [0.5, 0.6) is 5.75 Å². The van der Waals surface area contributed by atoms with Crippen molar-refractivity contribution in [3.63, 3.8) is 0 Å². The zero-order valence-corrected chi connectivity index (χ0v) is 16.3. The first-order valence-corrected chi connectivity index (χ1v) is 9.51. The Morgan fingerprint density at radius 2 is 2.07 bits per heavy atom. The van der Waals surface area contributed by atoms with Crippen molar-refractivity contribution in [1.82, 2.24) is 15.0 Å². The van der Waals surface area contributed by atoms with Crippen molar-refractivity contribution in [2.24, 2.45) is 0 Å². The van der Waals surface area contributed by atoms with Crippen molar-refractivity contribution in [2.75, 3.05) is 18.4 Å². The number of urea groups is 1. The predicted molar refractivity (Wildman–Crippen MR) is 104 cm³/mol. The summed E-state index contributed by atoms with van der Waals surface area (Å²) >= 11 is 0. The minimum atomic E-state index is -0.366. The van der Waals surface area contributed by atoms with Gasteiger partial charge in [-0.25, -0.2) is 13.6 Å². The van der Waals surface area contributed by atoms with Gasteiger partial charge in [-0.05, 0) is 55.3 Å². The van der Waals surface area contributed by atoms with Crippen molar-refractivity contribution in [2.45, 2.75) is 25.9 Å². The Balaban J connectivity index is 1.31. The second-order valence-electron chi connectivity index (χ2n) is 7.11. The van der Waals surface area contributed by atoms with E-state index in [2.05, 4.69) is 15.5 Å². The van der Waals surface area contributed by atoms with Crippen LogP contribution in [0.2, 0.25) is 0 Å². The molecule has 30 heavy (non-hydrogen) atoms. The smallest absolute Gasteiger partial charge is 0.321 e. The lowest BCUT2D eigenvalue weighted by molar-refractivity contribution is 0.221. The van der Waals surface area contributed by atoms with Gasteiger partial charge in [0.1, 0.15) is 17.4 Å². The Hall–Kier alpha value is -3.49. The van der Waals surface area contributed by atoms with Gasteiger partial charge in [-0.1, -0.05) is 11.2 Å². The molecule has 9 heteroatoms. The number of aromatic nitrogens is 2. The van der Waals surface area contributed by atoms with E-state index in [0.29, 0.717) is 48.2 Å². The minimum absolute atomic E-state index is 0.0613. The highest BCUT2D eigenvalue weighted by Gasteiger charge is 2.30. The Bertz CT molecular complexity index is 1040. The number of amides is 2. The first-order chi connectivity index (χ1) is 14.5. The summed E-state index contributed by atoms with van der Waals surface area (Å²) in [4.78, 5) is 18.4. The number of hydrogen-bond donors (Lipinski definition) is 1. The van der Waals surface area contributed by atoms with E-state index in [0.717, 1.165) is 0 Å². The Morgan fingerprint density at radius 1 is 1.27 bits per heavy atom. The minimum Gasteiger partial charge on any atom is -0.484 e. The molecule has 1 aromatic heterocycles. The quantitative estimate of drug-likeness (QED) is 0.675. The molecule has 0 spiro atoms. The Labute approximate surface area is 171 Å². The van der Waals surface area contributed by atoms with Gasteiger partial charge < -0.3 is 19.5 Å². The molecule has 1 unspecified atom stereocenters. The first kappa shape index (κ1) is 19.8. The topological polar surface area (TPSA) is 80.5 Å².